The molecule has 5 aromatic rings. The van der Waals surface area contributed by atoms with Crippen molar-refractivity contribution in [3.8, 4) is 51.4 Å². The quantitative estimate of drug-likeness (QED) is 0.0540. The van der Waals surface area contributed by atoms with Gasteiger partial charge in [-0.3, -0.25) is 33.6 Å². The number of methoxy groups -OCH3 is 3. The molecule has 0 aliphatic carbocycles. The zero-order valence-electron chi connectivity index (χ0n) is 52.9. The van der Waals surface area contributed by atoms with Crippen LogP contribution in [0.5, 0.6) is 40.2 Å². The van der Waals surface area contributed by atoms with Gasteiger partial charge < -0.3 is 65.2 Å². The van der Waals surface area contributed by atoms with E-state index in [1.165, 1.54) is 45.6 Å². The molecule has 5 amide bonds. The maximum Gasteiger partial charge on any atom is 0.480 e. The van der Waals surface area contributed by atoms with Crippen LogP contribution in [0.4, 0.5) is 0 Å². The van der Waals surface area contributed by atoms with Gasteiger partial charge in [-0.2, -0.15) is 0 Å². The third-order valence-electron chi connectivity index (χ3n) is 17.6. The first-order chi connectivity index (χ1) is 42.4. The van der Waals surface area contributed by atoms with Crippen molar-refractivity contribution in [1.29, 1.82) is 0 Å². The van der Waals surface area contributed by atoms with Crippen molar-refractivity contribution >= 4 is 79.7 Å². The van der Waals surface area contributed by atoms with E-state index in [1.54, 1.807) is 68.4 Å². The molecule has 24 heteroatoms. The van der Waals surface area contributed by atoms with E-state index < -0.39 is 135 Å². The highest BCUT2D eigenvalue weighted by Gasteiger charge is 2.46. The molecule has 0 spiro atoms. The minimum atomic E-state index is -2.92. The highest BCUT2D eigenvalue weighted by Crippen LogP contribution is 2.50. The summed E-state index contributed by atoms with van der Waals surface area (Å²) in [4.78, 5) is 106. The van der Waals surface area contributed by atoms with Gasteiger partial charge in [-0.25, -0.2) is 0 Å². The highest BCUT2D eigenvalue weighted by molar-refractivity contribution is 6.74. The minimum Gasteiger partial charge on any atom is -0.496 e. The summed E-state index contributed by atoms with van der Waals surface area (Å²) >= 11 is 14.4. The van der Waals surface area contributed by atoms with E-state index in [0.717, 1.165) is 0 Å². The van der Waals surface area contributed by atoms with E-state index in [1.807, 2.05) is 54.6 Å². The zero-order chi connectivity index (χ0) is 66.0. The van der Waals surface area contributed by atoms with Crippen LogP contribution in [0.15, 0.2) is 78.9 Å². The lowest BCUT2D eigenvalue weighted by Gasteiger charge is -2.42. The second kappa shape index (κ2) is 28.0. The Labute approximate surface area is 536 Å². The molecule has 10 rings (SSSR count). The number of rotatable bonds is 13. The normalized spacial score (nSPS) is 21.8. The van der Waals surface area contributed by atoms with E-state index >= 15 is 24.0 Å². The first-order valence-corrected chi connectivity index (χ1v) is 33.7. The van der Waals surface area contributed by atoms with E-state index in [0.29, 0.717) is 29.5 Å². The number of Topliss-reactive ketones (excluding diaryl/α,β-unsaturated/α-hetero) is 2. The first-order valence-electron chi connectivity index (χ1n) is 30.0. The summed E-state index contributed by atoms with van der Waals surface area (Å²) in [5.74, 6) is -11.3. The van der Waals surface area contributed by atoms with E-state index in [-0.39, 0.29) is 84.0 Å². The molecule has 5 aliphatic rings. The summed E-state index contributed by atoms with van der Waals surface area (Å²) in [5, 5.41) is 33.5. The molecule has 9 atom stereocenters. The number of ketones is 2. The van der Waals surface area contributed by atoms with Crippen LogP contribution in [-0.4, -0.2) is 100.0 Å². The number of fused-ring (bicyclic) bond motifs is 15. The van der Waals surface area contributed by atoms with Crippen LogP contribution < -0.4 is 50.7 Å². The molecule has 0 saturated carbocycles. The number of primary amides is 1. The lowest BCUT2D eigenvalue weighted by Crippen LogP contribution is -2.53. The van der Waals surface area contributed by atoms with Crippen molar-refractivity contribution < 1.29 is 71.7 Å². The molecular weight excluding hydrogens is 1210 g/mol. The van der Waals surface area contributed by atoms with Crippen molar-refractivity contribution in [1.82, 2.24) is 21.3 Å². The molecule has 0 aromatic heterocycles. The number of carbonyl (C=O) groups excluding carboxylic acids is 7. The van der Waals surface area contributed by atoms with Gasteiger partial charge in [-0.05, 0) is 132 Å². The maximum absolute atomic E-state index is 16.1. The molecular formula is C66H80BCl2N5O15Si. The maximum atomic E-state index is 16.1. The smallest absolute Gasteiger partial charge is 0.480 e. The van der Waals surface area contributed by atoms with Crippen LogP contribution in [0.1, 0.15) is 144 Å². The Morgan fingerprint density at radius 3 is 1.92 bits per heavy atom. The van der Waals surface area contributed by atoms with Crippen LogP contribution in [-0.2, 0) is 38.0 Å². The minimum absolute atomic E-state index is 0.00661. The lowest BCUT2D eigenvalue weighted by molar-refractivity contribution is -0.137. The largest absolute Gasteiger partial charge is 0.496 e. The van der Waals surface area contributed by atoms with Gasteiger partial charge in [0.1, 0.15) is 41.1 Å². The molecule has 5 heterocycles. The number of halogens is 2. The Bertz CT molecular complexity index is 3620. The molecule has 0 radical (unpaired) electrons. The second-order valence-electron chi connectivity index (χ2n) is 25.4. The Hall–Kier alpha value is -7.47. The third kappa shape index (κ3) is 14.8. The van der Waals surface area contributed by atoms with E-state index in [2.05, 4.69) is 21.3 Å². The number of nitrogens with two attached hydrogens (primary N) is 1. The molecule has 1 unspecified atom stereocenters. The molecule has 20 nitrogen and oxygen atoms in total. The molecule has 5 aromatic carbocycles. The fraction of sp³-hybridized carbons (Fsp3) is 0.439. The fourth-order valence-corrected chi connectivity index (χ4v) is 13.4. The average Bonchev–Trinajstić information content (AvgIpc) is 0.807. The number of hydrogen-bond acceptors (Lipinski definition) is 15. The Balaban J connectivity index is 1.41. The van der Waals surface area contributed by atoms with Crippen LogP contribution in [0.3, 0.4) is 0 Å². The number of nitrogens with one attached hydrogen (secondary N) is 4. The summed E-state index contributed by atoms with van der Waals surface area (Å²) in [5.41, 5.74) is 8.27. The number of amides is 5. The Morgan fingerprint density at radius 2 is 1.37 bits per heavy atom. The van der Waals surface area contributed by atoms with Crippen LogP contribution in [0.25, 0.3) is 11.1 Å². The van der Waals surface area contributed by atoms with Gasteiger partial charge in [0.2, 0.25) is 35.3 Å². The van der Waals surface area contributed by atoms with Gasteiger partial charge in [0.25, 0.3) is 0 Å². The first kappa shape index (κ1) is 68.4. The standard InChI is InChI=1S/C66H80BCl2N5O15Si/c1-14-35(21-32(2)3)62(78)73-58-46(75)27-40(30-54(70)77)63(79)72-57-39-28-52(60(86-11)53(29-39)88-50-20-17-38(26-45(50)69)59(58)89-90(12,13)66(6,7)8)87-49-19-15-36(25-44(49)68)34(5)56-65(81)74-61(67(82)83)43-22-33(4)23-51(85-10)55(43)42-24-37(16-18-48(42)84-9)41(31-47(57)76)64(80)71-56/h15-20,22-26,28-29,32,34-35,40-41,56-59,61,82-83H,14,21,27,30-31H2,1-13H3,(H2,70,77)(H,71,80)(H,72,79)(H,73,78)(H,74,81)/t34-,35+,40+,41-,56+,57-,58+,59-,61?/m1/s1. The number of hydrogen-bond donors (Lipinski definition) is 7. The predicted octanol–water partition coefficient (Wildman–Crippen LogP) is 10.3. The summed E-state index contributed by atoms with van der Waals surface area (Å²) < 4.78 is 38.4. The SMILES string of the molecule is CC[C@@H](CC(C)C)C(=O)N[C@H]1C(=O)C[C@@H](CC(N)=O)C(=O)N[C@H]2C(=O)C[C@H]3C(=O)N[C@H](C(=O)NC(B(O)O)c4cc(C)cc(OC)c4-c4cc3ccc4OC)[C@H](C)c3ccc(c(Cl)c3)Oc3cc2cc(c3OC)Oc2ccc(cc2Cl)[C@H]1O[Si](C)(C)C(C)(C)C. The molecule has 8 N–H and O–H groups in total. The molecule has 480 valence electrons. The van der Waals surface area contributed by atoms with E-state index in [4.69, 9.17) is 57.0 Å². The molecule has 11 bridgehead atoms. The molecule has 0 saturated heterocycles. The number of ether oxygens (including phenoxy) is 5. The lowest BCUT2D eigenvalue weighted by atomic mass is 9.71. The summed E-state index contributed by atoms with van der Waals surface area (Å²) in [7, 11) is -0.944. The monoisotopic (exact) mass is 1290 g/mol. The van der Waals surface area contributed by atoms with Gasteiger partial charge in [-0.1, -0.05) is 95.9 Å². The summed E-state index contributed by atoms with van der Waals surface area (Å²) in [6.45, 7) is 19.3. The predicted molar refractivity (Wildman–Crippen MR) is 344 cm³/mol. The Morgan fingerprint density at radius 1 is 0.756 bits per heavy atom. The third-order valence-corrected chi connectivity index (χ3v) is 22.6. The van der Waals surface area contributed by atoms with Crippen LogP contribution in [0.2, 0.25) is 28.2 Å². The van der Waals surface area contributed by atoms with Gasteiger partial charge in [0.15, 0.2) is 31.4 Å². The van der Waals surface area contributed by atoms with Gasteiger partial charge in [-0.15, -0.1) is 0 Å². The van der Waals surface area contributed by atoms with Crippen molar-refractivity contribution in [2.45, 2.75) is 148 Å². The summed E-state index contributed by atoms with van der Waals surface area (Å²) in [6.07, 6.45) is -2.44. The van der Waals surface area contributed by atoms with Crippen LogP contribution >= 0.6 is 23.2 Å². The van der Waals surface area contributed by atoms with Crippen molar-refractivity contribution in [2.75, 3.05) is 21.3 Å². The Kier molecular flexibility index (Phi) is 21.3. The fourth-order valence-electron chi connectivity index (χ4n) is 11.7. The van der Waals surface area contributed by atoms with Crippen molar-refractivity contribution in [2.24, 2.45) is 23.5 Å². The summed E-state index contributed by atoms with van der Waals surface area (Å²) in [6, 6.07) is 15.6. The average molecular weight is 1290 g/mol. The van der Waals surface area contributed by atoms with Crippen LogP contribution in [0, 0.1) is 24.7 Å². The van der Waals surface area contributed by atoms with Crippen molar-refractivity contribution in [3.05, 3.63) is 122 Å². The number of aryl methyl sites for hydroxylation is 1. The zero-order valence-corrected chi connectivity index (χ0v) is 55.4. The molecule has 90 heavy (non-hydrogen) atoms. The van der Waals surface area contributed by atoms with E-state index in [9.17, 15) is 19.6 Å². The second-order valence-corrected chi connectivity index (χ2v) is 31.0. The number of carbonyl (C=O) groups is 7. The van der Waals surface area contributed by atoms with Crippen molar-refractivity contribution in [3.63, 3.8) is 0 Å². The topological polar surface area (TPSA) is 289 Å². The van der Waals surface area contributed by atoms with Gasteiger partial charge >= 0.3 is 7.12 Å². The van der Waals surface area contributed by atoms with Gasteiger partial charge in [0.05, 0.1) is 55.3 Å². The van der Waals surface area contributed by atoms with Gasteiger partial charge in [0, 0.05) is 42.2 Å². The molecule has 0 fully saturated rings. The highest BCUT2D eigenvalue weighted by atomic mass is 35.5. The molecule has 5 aliphatic heterocycles. The number of benzene rings is 5.